The van der Waals surface area contributed by atoms with E-state index in [0.717, 1.165) is 0 Å². The van der Waals surface area contributed by atoms with Crippen molar-refractivity contribution in [1.82, 2.24) is 14.4 Å². The topological polar surface area (TPSA) is 73.6 Å². The van der Waals surface area contributed by atoms with Crippen molar-refractivity contribution in [2.45, 2.75) is 13.0 Å². The molecule has 3 rings (SSSR count). The van der Waals surface area contributed by atoms with Crippen molar-refractivity contribution >= 4 is 26.5 Å². The highest BCUT2D eigenvalue weighted by molar-refractivity contribution is 7.73. The zero-order chi connectivity index (χ0) is 15.0. The second kappa shape index (κ2) is 5.27. The summed E-state index contributed by atoms with van der Waals surface area (Å²) in [6.07, 6.45) is 8.23. The summed E-state index contributed by atoms with van der Waals surface area (Å²) in [6.45, 7) is 1.75. The number of methoxy groups -OCH3 is 1. The van der Waals surface area contributed by atoms with Crippen molar-refractivity contribution in [3.63, 3.8) is 0 Å². The molecule has 0 amide bonds. The van der Waals surface area contributed by atoms with Crippen molar-refractivity contribution in [2.75, 3.05) is 7.11 Å². The second-order valence-corrected chi connectivity index (χ2v) is 5.55. The normalized spacial score (nSPS) is 18.6. The van der Waals surface area contributed by atoms with Crippen LogP contribution >= 0.6 is 0 Å². The van der Waals surface area contributed by atoms with E-state index >= 15 is 0 Å². The van der Waals surface area contributed by atoms with Crippen LogP contribution in [0.15, 0.2) is 42.4 Å². The van der Waals surface area contributed by atoms with Crippen LogP contribution < -0.4 is 0 Å². The molecule has 0 radical (unpaired) electrons. The lowest BCUT2D eigenvalue weighted by molar-refractivity contribution is 0.199. The van der Waals surface area contributed by atoms with E-state index in [9.17, 15) is 8.42 Å². The maximum Gasteiger partial charge on any atom is 0.234 e. The summed E-state index contributed by atoms with van der Waals surface area (Å²) in [6, 6.07) is 1.80. The minimum Gasteiger partial charge on any atom is -0.371 e. The number of nitrogens with zero attached hydrogens (tertiary/aromatic N) is 3. The molecule has 108 valence electrons. The molecule has 0 N–H and O–H groups in total. The number of rotatable bonds is 2. The van der Waals surface area contributed by atoms with Crippen LogP contribution in [0.1, 0.15) is 12.6 Å². The van der Waals surface area contributed by atoms with Gasteiger partial charge in [0.15, 0.2) is 0 Å². The van der Waals surface area contributed by atoms with Gasteiger partial charge in [-0.15, -0.1) is 0 Å². The molecule has 2 aromatic heterocycles. The maximum absolute atomic E-state index is 11.5. The number of imidazole rings is 1. The highest BCUT2D eigenvalue weighted by Gasteiger charge is 2.28. The molecule has 2 heterocycles. The number of hydrogen-bond donors (Lipinski definition) is 0. The number of ether oxygens (including phenoxy) is 1. The highest BCUT2D eigenvalue weighted by atomic mass is 32.2. The van der Waals surface area contributed by atoms with Crippen LogP contribution in [0, 0.1) is 0 Å². The Kier molecular flexibility index (Phi) is 3.44. The summed E-state index contributed by atoms with van der Waals surface area (Å²) >= 11 is 0. The van der Waals surface area contributed by atoms with Crippen LogP contribution in [0.25, 0.3) is 11.4 Å². The van der Waals surface area contributed by atoms with Gasteiger partial charge in [-0.1, -0.05) is 12.2 Å². The third kappa shape index (κ3) is 2.30. The van der Waals surface area contributed by atoms with Crippen molar-refractivity contribution in [2.24, 2.45) is 0 Å². The average Bonchev–Trinajstić information content (AvgIpc) is 2.89. The lowest BCUT2D eigenvalue weighted by atomic mass is 9.94. The monoisotopic (exact) mass is 303 g/mol. The summed E-state index contributed by atoms with van der Waals surface area (Å²) in [5.41, 5.74) is 2.01. The van der Waals surface area contributed by atoms with Gasteiger partial charge in [0.05, 0.1) is 5.69 Å². The first-order valence-electron chi connectivity index (χ1n) is 6.29. The van der Waals surface area contributed by atoms with E-state index in [0.29, 0.717) is 22.6 Å². The molecule has 0 saturated heterocycles. The smallest absolute Gasteiger partial charge is 0.234 e. The predicted molar refractivity (Wildman–Crippen MR) is 79.4 cm³/mol. The predicted octanol–water partition coefficient (Wildman–Crippen LogP) is 1.14. The van der Waals surface area contributed by atoms with Gasteiger partial charge in [0.1, 0.15) is 11.0 Å². The summed E-state index contributed by atoms with van der Waals surface area (Å²) in [5.74, 6) is 0.555. The van der Waals surface area contributed by atoms with E-state index in [4.69, 9.17) is 4.74 Å². The molecule has 1 unspecified atom stereocenters. The van der Waals surface area contributed by atoms with Crippen LogP contribution in [0.3, 0.4) is 0 Å². The largest absolute Gasteiger partial charge is 0.371 e. The van der Waals surface area contributed by atoms with Crippen molar-refractivity contribution < 1.29 is 13.2 Å². The molecule has 2 aromatic rings. The lowest BCUT2D eigenvalue weighted by Crippen LogP contribution is -2.28. The van der Waals surface area contributed by atoms with E-state index < -0.39 is 16.4 Å². The van der Waals surface area contributed by atoms with Crippen LogP contribution in [0.2, 0.25) is 0 Å². The van der Waals surface area contributed by atoms with Gasteiger partial charge in [-0.3, -0.25) is 4.40 Å². The van der Waals surface area contributed by atoms with E-state index in [1.165, 1.54) is 7.11 Å². The Morgan fingerprint density at radius 3 is 2.81 bits per heavy atom. The fourth-order valence-electron chi connectivity index (χ4n) is 2.37. The molecule has 1 aliphatic rings. The first kappa shape index (κ1) is 13.7. The third-order valence-electron chi connectivity index (χ3n) is 3.37. The Bertz CT molecular complexity index is 865. The summed E-state index contributed by atoms with van der Waals surface area (Å²) in [4.78, 5) is 8.81. The van der Waals surface area contributed by atoms with E-state index in [1.807, 2.05) is 12.3 Å². The van der Waals surface area contributed by atoms with Gasteiger partial charge >= 0.3 is 0 Å². The Balaban J connectivity index is 2.18. The summed E-state index contributed by atoms with van der Waals surface area (Å²) in [5, 5.41) is 0. The SMILES string of the molecule is COC1C(c2cn3cccnc3n2)=CC=C(C)C1=S(=O)=O. The molecule has 0 saturated carbocycles. The third-order valence-corrected chi connectivity index (χ3v) is 4.26. The van der Waals surface area contributed by atoms with Crippen LogP contribution in [0.4, 0.5) is 0 Å². The molecule has 0 aromatic carbocycles. The van der Waals surface area contributed by atoms with Gasteiger partial charge in [0.2, 0.25) is 16.1 Å². The Labute approximate surface area is 122 Å². The molecule has 6 nitrogen and oxygen atoms in total. The fourth-order valence-corrected chi connectivity index (χ4v) is 3.10. The van der Waals surface area contributed by atoms with Crippen molar-refractivity contribution in [3.8, 4) is 0 Å². The van der Waals surface area contributed by atoms with Gasteiger partial charge < -0.3 is 4.74 Å². The Morgan fingerprint density at radius 2 is 2.14 bits per heavy atom. The fraction of sp³-hybridized carbons (Fsp3) is 0.214. The van der Waals surface area contributed by atoms with Crippen LogP contribution in [-0.2, 0) is 15.0 Å². The number of hydrogen-bond acceptors (Lipinski definition) is 5. The van der Waals surface area contributed by atoms with E-state index in [2.05, 4.69) is 9.97 Å². The first-order chi connectivity index (χ1) is 10.1. The molecular weight excluding hydrogens is 290 g/mol. The zero-order valence-corrected chi connectivity index (χ0v) is 12.3. The molecule has 1 atom stereocenters. The Morgan fingerprint density at radius 1 is 1.33 bits per heavy atom. The molecule has 0 fully saturated rings. The number of allylic oxidation sites excluding steroid dienone is 2. The molecule has 1 aliphatic carbocycles. The van der Waals surface area contributed by atoms with Gasteiger partial charge in [0.25, 0.3) is 0 Å². The zero-order valence-electron chi connectivity index (χ0n) is 11.5. The van der Waals surface area contributed by atoms with Crippen molar-refractivity contribution in [1.29, 1.82) is 0 Å². The maximum atomic E-state index is 11.5. The first-order valence-corrected chi connectivity index (χ1v) is 7.37. The van der Waals surface area contributed by atoms with Crippen LogP contribution in [-0.4, -0.2) is 40.9 Å². The standard InChI is InChI=1S/C14H13N3O3S/c1-9-4-5-10(12(20-2)13(9)21(18)19)11-8-17-7-3-6-15-14(17)16-11/h3-8,12H,1-2H3. The summed E-state index contributed by atoms with van der Waals surface area (Å²) in [7, 11) is -0.858. The highest BCUT2D eigenvalue weighted by Crippen LogP contribution is 2.27. The molecule has 0 spiro atoms. The number of fused-ring (bicyclic) bond motifs is 1. The van der Waals surface area contributed by atoms with E-state index in [1.54, 1.807) is 35.9 Å². The minimum atomic E-state index is -2.34. The lowest BCUT2D eigenvalue weighted by Gasteiger charge is -2.21. The number of aromatic nitrogens is 3. The van der Waals surface area contributed by atoms with E-state index in [-0.39, 0.29) is 4.86 Å². The quantitative estimate of drug-likeness (QED) is 0.778. The van der Waals surface area contributed by atoms with Gasteiger partial charge in [0, 0.05) is 31.3 Å². The second-order valence-electron chi connectivity index (χ2n) is 4.64. The van der Waals surface area contributed by atoms with Crippen LogP contribution in [0.5, 0.6) is 0 Å². The molecule has 0 aliphatic heterocycles. The molecular formula is C14H13N3O3S. The average molecular weight is 303 g/mol. The molecule has 7 heteroatoms. The van der Waals surface area contributed by atoms with Gasteiger partial charge in [-0.25, -0.2) is 9.97 Å². The molecule has 21 heavy (non-hydrogen) atoms. The van der Waals surface area contributed by atoms with Gasteiger partial charge in [-0.2, -0.15) is 8.42 Å². The Hall–Kier alpha value is -2.25. The molecule has 0 bridgehead atoms. The van der Waals surface area contributed by atoms with Crippen molar-refractivity contribution in [3.05, 3.63) is 48.1 Å². The van der Waals surface area contributed by atoms with Gasteiger partial charge in [-0.05, 0) is 18.6 Å². The summed E-state index contributed by atoms with van der Waals surface area (Å²) < 4.78 is 30.1. The minimum absolute atomic E-state index is 0.236.